The predicted octanol–water partition coefficient (Wildman–Crippen LogP) is 4.40. The fraction of sp³-hybridized carbons (Fsp3) is 0.150. The van der Waals surface area contributed by atoms with Gasteiger partial charge in [0.2, 0.25) is 5.91 Å². The number of ketones is 1. The second-order valence-corrected chi connectivity index (χ2v) is 6.16. The van der Waals surface area contributed by atoms with Gasteiger partial charge >= 0.3 is 6.18 Å². The van der Waals surface area contributed by atoms with Crippen LogP contribution in [0.3, 0.4) is 0 Å². The molecule has 9 heteroatoms. The number of Topliss-reactive ketones (excluding diaryl/α,β-unsaturated/α-hetero) is 1. The molecule has 29 heavy (non-hydrogen) atoms. The molecule has 0 bridgehead atoms. The molecular weight excluding hydrogens is 387 g/mol. The lowest BCUT2D eigenvalue weighted by Gasteiger charge is -2.05. The lowest BCUT2D eigenvalue weighted by molar-refractivity contribution is -0.137. The fourth-order valence-corrected chi connectivity index (χ4v) is 2.45. The first-order valence-corrected chi connectivity index (χ1v) is 8.50. The van der Waals surface area contributed by atoms with Gasteiger partial charge in [-0.15, -0.1) is 0 Å². The minimum absolute atomic E-state index is 0.176. The summed E-state index contributed by atoms with van der Waals surface area (Å²) in [6.45, 7) is 1.69. The number of anilines is 1. The Hall–Kier alpha value is -3.62. The van der Waals surface area contributed by atoms with Crippen LogP contribution in [0.2, 0.25) is 0 Å². The van der Waals surface area contributed by atoms with Gasteiger partial charge in [0.25, 0.3) is 0 Å². The van der Waals surface area contributed by atoms with Gasteiger partial charge in [0.1, 0.15) is 5.76 Å². The number of rotatable bonds is 6. The summed E-state index contributed by atoms with van der Waals surface area (Å²) in [6.07, 6.45) is -0.168. The van der Waals surface area contributed by atoms with E-state index in [-0.39, 0.29) is 18.1 Å². The van der Waals surface area contributed by atoms with E-state index in [1.54, 1.807) is 24.4 Å². The average Bonchev–Trinajstić information content (AvgIpc) is 3.30. The third-order valence-corrected chi connectivity index (χ3v) is 3.88. The van der Waals surface area contributed by atoms with Gasteiger partial charge in [-0.1, -0.05) is 12.1 Å². The monoisotopic (exact) mass is 403 g/mol. The summed E-state index contributed by atoms with van der Waals surface area (Å²) in [6, 6.07) is 9.29. The van der Waals surface area contributed by atoms with Gasteiger partial charge in [-0.25, -0.2) is 0 Å². The molecule has 0 fully saturated rings. The molecule has 1 aromatic carbocycles. The highest BCUT2D eigenvalue weighted by Crippen LogP contribution is 2.29. The van der Waals surface area contributed by atoms with Gasteiger partial charge in [-0.2, -0.15) is 18.3 Å². The molecule has 0 atom stereocenters. The van der Waals surface area contributed by atoms with E-state index < -0.39 is 17.6 Å². The summed E-state index contributed by atoms with van der Waals surface area (Å²) in [5, 5.41) is 6.73. The van der Waals surface area contributed by atoms with Crippen molar-refractivity contribution >= 4 is 23.6 Å². The third-order valence-electron chi connectivity index (χ3n) is 3.88. The van der Waals surface area contributed by atoms with Crippen LogP contribution in [0, 0.1) is 0 Å². The number of nitrogens with one attached hydrogen (secondary N) is 1. The van der Waals surface area contributed by atoms with Crippen molar-refractivity contribution in [1.82, 2.24) is 9.78 Å². The van der Waals surface area contributed by atoms with Crippen LogP contribution in [0.25, 0.3) is 6.08 Å². The van der Waals surface area contributed by atoms with Gasteiger partial charge in [0.05, 0.1) is 12.1 Å². The van der Waals surface area contributed by atoms with Crippen molar-refractivity contribution in [3.05, 3.63) is 77.4 Å². The van der Waals surface area contributed by atoms with Crippen molar-refractivity contribution in [2.75, 3.05) is 5.32 Å². The SMILES string of the molecule is CC(=O)c1ccc(Cn2ccc(NC(=O)C=Cc3ccc(C(F)(F)F)cc3)n2)o1. The highest BCUT2D eigenvalue weighted by Gasteiger charge is 2.29. The quantitative estimate of drug-likeness (QED) is 0.489. The van der Waals surface area contributed by atoms with Crippen molar-refractivity contribution in [3.63, 3.8) is 0 Å². The molecule has 150 valence electrons. The van der Waals surface area contributed by atoms with E-state index in [0.29, 0.717) is 17.1 Å². The Morgan fingerprint density at radius 1 is 1.14 bits per heavy atom. The first kappa shape index (κ1) is 20.1. The number of furan rings is 1. The van der Waals surface area contributed by atoms with E-state index in [4.69, 9.17) is 4.42 Å². The number of hydrogen-bond donors (Lipinski definition) is 1. The van der Waals surface area contributed by atoms with Gasteiger partial charge in [0, 0.05) is 25.3 Å². The Bertz CT molecular complexity index is 1050. The molecule has 0 aliphatic carbocycles. The van der Waals surface area contributed by atoms with Crippen molar-refractivity contribution in [3.8, 4) is 0 Å². The van der Waals surface area contributed by atoms with E-state index in [1.165, 1.54) is 35.9 Å². The number of amides is 1. The lowest BCUT2D eigenvalue weighted by Crippen LogP contribution is -2.09. The van der Waals surface area contributed by atoms with Crippen molar-refractivity contribution in [2.45, 2.75) is 19.6 Å². The standard InChI is InChI=1S/C20H16F3N3O3/c1-13(27)17-8-7-16(29-17)12-26-11-10-18(25-26)24-19(28)9-4-14-2-5-15(6-3-14)20(21,22)23/h2-11H,12H2,1H3,(H,24,25,28). The summed E-state index contributed by atoms with van der Waals surface area (Å²) in [7, 11) is 0. The van der Waals surface area contributed by atoms with Crippen LogP contribution in [0.1, 0.15) is 34.4 Å². The lowest BCUT2D eigenvalue weighted by atomic mass is 10.1. The summed E-state index contributed by atoms with van der Waals surface area (Å²) in [5.41, 5.74) is -0.297. The maximum absolute atomic E-state index is 12.5. The molecular formula is C20H16F3N3O3. The molecule has 0 saturated carbocycles. The number of halogens is 3. The minimum Gasteiger partial charge on any atom is -0.456 e. The molecule has 6 nitrogen and oxygen atoms in total. The molecule has 1 amide bonds. The first-order chi connectivity index (χ1) is 13.7. The predicted molar refractivity (Wildman–Crippen MR) is 99.1 cm³/mol. The zero-order valence-corrected chi connectivity index (χ0v) is 15.2. The fourth-order valence-electron chi connectivity index (χ4n) is 2.45. The van der Waals surface area contributed by atoms with Gasteiger partial charge < -0.3 is 9.73 Å². The molecule has 0 aliphatic rings. The van der Waals surface area contributed by atoms with Crippen LogP contribution >= 0.6 is 0 Å². The maximum Gasteiger partial charge on any atom is 0.416 e. The zero-order chi connectivity index (χ0) is 21.0. The number of nitrogens with zero attached hydrogens (tertiary/aromatic N) is 2. The van der Waals surface area contributed by atoms with Crippen LogP contribution in [0.5, 0.6) is 0 Å². The van der Waals surface area contributed by atoms with Crippen LogP contribution in [0.15, 0.2) is 59.2 Å². The number of carbonyl (C=O) groups excluding carboxylic acids is 2. The normalized spacial score (nSPS) is 11.7. The topological polar surface area (TPSA) is 77.1 Å². The van der Waals surface area contributed by atoms with E-state index in [2.05, 4.69) is 10.4 Å². The van der Waals surface area contributed by atoms with E-state index in [9.17, 15) is 22.8 Å². The van der Waals surface area contributed by atoms with E-state index in [0.717, 1.165) is 12.1 Å². The minimum atomic E-state index is -4.40. The van der Waals surface area contributed by atoms with Gasteiger partial charge in [0.15, 0.2) is 17.4 Å². The van der Waals surface area contributed by atoms with Crippen molar-refractivity contribution < 1.29 is 27.2 Å². The summed E-state index contributed by atoms with van der Waals surface area (Å²) >= 11 is 0. The van der Waals surface area contributed by atoms with Crippen molar-refractivity contribution in [1.29, 1.82) is 0 Å². The van der Waals surface area contributed by atoms with Crippen molar-refractivity contribution in [2.24, 2.45) is 0 Å². The average molecular weight is 403 g/mol. The second-order valence-electron chi connectivity index (χ2n) is 6.16. The van der Waals surface area contributed by atoms with Crippen LogP contribution < -0.4 is 5.32 Å². The van der Waals surface area contributed by atoms with E-state index in [1.807, 2.05) is 0 Å². The van der Waals surface area contributed by atoms with Gasteiger partial charge in [-0.3, -0.25) is 14.3 Å². The highest BCUT2D eigenvalue weighted by atomic mass is 19.4. The first-order valence-electron chi connectivity index (χ1n) is 8.50. The highest BCUT2D eigenvalue weighted by molar-refractivity contribution is 6.01. The Labute approximate surface area is 163 Å². The number of alkyl halides is 3. The Balaban J connectivity index is 1.57. The zero-order valence-electron chi connectivity index (χ0n) is 15.2. The van der Waals surface area contributed by atoms with Crippen LogP contribution in [0.4, 0.5) is 19.0 Å². The number of benzene rings is 1. The molecule has 2 heterocycles. The van der Waals surface area contributed by atoms with Crippen LogP contribution in [-0.2, 0) is 17.5 Å². The third kappa shape index (κ3) is 5.44. The summed E-state index contributed by atoms with van der Waals surface area (Å²) in [4.78, 5) is 23.2. The summed E-state index contributed by atoms with van der Waals surface area (Å²) in [5.74, 6) is 0.439. The maximum atomic E-state index is 12.5. The number of hydrogen-bond acceptors (Lipinski definition) is 4. The molecule has 0 saturated heterocycles. The Morgan fingerprint density at radius 3 is 2.48 bits per heavy atom. The van der Waals surface area contributed by atoms with Gasteiger partial charge in [-0.05, 0) is 35.9 Å². The Kier molecular flexibility index (Phi) is 5.67. The molecule has 3 aromatic rings. The second kappa shape index (κ2) is 8.17. The number of carbonyl (C=O) groups is 2. The molecule has 0 unspecified atom stereocenters. The smallest absolute Gasteiger partial charge is 0.416 e. The largest absolute Gasteiger partial charge is 0.456 e. The molecule has 0 spiro atoms. The molecule has 0 aliphatic heterocycles. The molecule has 1 N–H and O–H groups in total. The number of aromatic nitrogens is 2. The Morgan fingerprint density at radius 2 is 1.86 bits per heavy atom. The van der Waals surface area contributed by atoms with Crippen LogP contribution in [-0.4, -0.2) is 21.5 Å². The van der Waals surface area contributed by atoms with E-state index >= 15 is 0 Å². The molecule has 0 radical (unpaired) electrons. The molecule has 3 rings (SSSR count). The molecule has 2 aromatic heterocycles. The summed E-state index contributed by atoms with van der Waals surface area (Å²) < 4.78 is 44.5.